The molecule has 0 aliphatic carbocycles. The second-order valence-corrected chi connectivity index (χ2v) is 4.66. The Bertz CT molecular complexity index is 513. The summed E-state index contributed by atoms with van der Waals surface area (Å²) < 4.78 is 6.53. The number of thioether (sulfide) groups is 1. The van der Waals surface area contributed by atoms with E-state index in [1.807, 2.05) is 0 Å². The van der Waals surface area contributed by atoms with Crippen molar-refractivity contribution in [3.05, 3.63) is 12.7 Å². The molecule has 3 rings (SSSR count). The highest BCUT2D eigenvalue weighted by Crippen LogP contribution is 2.25. The summed E-state index contributed by atoms with van der Waals surface area (Å²) in [6.45, 7) is 1.43. The monoisotopic (exact) mass is 251 g/mol. The summed E-state index contributed by atoms with van der Waals surface area (Å²) in [6, 6.07) is 0. The van der Waals surface area contributed by atoms with Gasteiger partial charge in [0.1, 0.15) is 12.7 Å². The highest BCUT2D eigenvalue weighted by Gasteiger charge is 2.21. The van der Waals surface area contributed by atoms with Crippen molar-refractivity contribution < 1.29 is 4.74 Å². The van der Waals surface area contributed by atoms with Crippen LogP contribution in [0.25, 0.3) is 5.95 Å². The number of aromatic nitrogens is 6. The fourth-order valence-corrected chi connectivity index (χ4v) is 2.17. The Kier molecular flexibility index (Phi) is 2.61. The van der Waals surface area contributed by atoms with Gasteiger partial charge in [-0.25, -0.2) is 4.98 Å². The summed E-state index contributed by atoms with van der Waals surface area (Å²) >= 11 is 1.53. The molecule has 2 aromatic rings. The van der Waals surface area contributed by atoms with E-state index in [2.05, 4.69) is 25.0 Å². The zero-order valence-corrected chi connectivity index (χ0v) is 9.54. The maximum Gasteiger partial charge on any atom is 0.257 e. The number of anilines is 1. The van der Waals surface area contributed by atoms with Crippen LogP contribution in [0.15, 0.2) is 17.8 Å². The Balaban J connectivity index is 1.89. The molecule has 0 saturated carbocycles. The van der Waals surface area contributed by atoms with Crippen molar-refractivity contribution in [2.45, 2.75) is 10.4 Å². The molecule has 17 heavy (non-hydrogen) atoms. The van der Waals surface area contributed by atoms with Crippen LogP contribution in [0.5, 0.6) is 0 Å². The van der Waals surface area contributed by atoms with E-state index >= 15 is 0 Å². The van der Waals surface area contributed by atoms with Gasteiger partial charge in [-0.3, -0.25) is 0 Å². The molecule has 3 heterocycles. The second kappa shape index (κ2) is 4.26. The maximum atomic E-state index is 5.63. The summed E-state index contributed by atoms with van der Waals surface area (Å²) in [5.74, 6) is 0.547. The minimum atomic E-state index is 0.174. The lowest BCUT2D eigenvalue weighted by atomic mass is 10.4. The predicted molar refractivity (Wildman–Crippen MR) is 59.6 cm³/mol. The van der Waals surface area contributed by atoms with Gasteiger partial charge in [0, 0.05) is 0 Å². The summed E-state index contributed by atoms with van der Waals surface area (Å²) in [5.41, 5.74) is 5.63. The molecule has 0 amide bonds. The van der Waals surface area contributed by atoms with Gasteiger partial charge < -0.3 is 10.5 Å². The Labute approximate surface area is 101 Å². The fourth-order valence-electron chi connectivity index (χ4n) is 1.26. The van der Waals surface area contributed by atoms with Crippen molar-refractivity contribution in [3.8, 4) is 5.95 Å². The van der Waals surface area contributed by atoms with Crippen molar-refractivity contribution in [1.82, 2.24) is 29.7 Å². The van der Waals surface area contributed by atoms with E-state index in [4.69, 9.17) is 10.5 Å². The molecule has 8 nitrogen and oxygen atoms in total. The van der Waals surface area contributed by atoms with E-state index in [9.17, 15) is 0 Å². The first-order valence-electron chi connectivity index (χ1n) is 4.92. The smallest absolute Gasteiger partial charge is 0.257 e. The normalized spacial score (nSPS) is 15.8. The zero-order valence-electron chi connectivity index (χ0n) is 8.72. The van der Waals surface area contributed by atoms with Crippen LogP contribution >= 0.6 is 11.8 Å². The molecule has 0 radical (unpaired) electrons. The lowest BCUT2D eigenvalue weighted by Gasteiger charge is -2.24. The molecule has 2 N–H and O–H groups in total. The van der Waals surface area contributed by atoms with Crippen molar-refractivity contribution in [2.24, 2.45) is 0 Å². The van der Waals surface area contributed by atoms with Gasteiger partial charge in [-0.1, -0.05) is 11.8 Å². The number of ether oxygens (including phenoxy) is 1. The van der Waals surface area contributed by atoms with Gasteiger partial charge in [-0.05, 0) is 0 Å². The molecule has 1 aliphatic rings. The van der Waals surface area contributed by atoms with Gasteiger partial charge in [-0.15, -0.1) is 0 Å². The maximum absolute atomic E-state index is 5.63. The number of hydrogen-bond donors (Lipinski definition) is 1. The molecular weight excluding hydrogens is 242 g/mol. The predicted octanol–water partition coefficient (Wildman–Crippen LogP) is -0.475. The van der Waals surface area contributed by atoms with E-state index in [0.717, 1.165) is 13.2 Å². The standard InChI is InChI=1S/C8H9N7OS/c9-6-12-7(15-4-10-3-11-15)14-8(13-6)17-5-1-16-2-5/h3-5H,1-2H2,(H2,9,12,13,14). The Morgan fingerprint density at radius 1 is 1.35 bits per heavy atom. The molecular formula is C8H9N7OS. The van der Waals surface area contributed by atoms with E-state index in [1.165, 1.54) is 29.1 Å². The molecule has 88 valence electrons. The van der Waals surface area contributed by atoms with E-state index in [0.29, 0.717) is 16.4 Å². The number of nitrogen functional groups attached to an aromatic ring is 1. The van der Waals surface area contributed by atoms with Crippen LogP contribution in [0, 0.1) is 0 Å². The van der Waals surface area contributed by atoms with Gasteiger partial charge in [0.15, 0.2) is 5.16 Å². The number of rotatable bonds is 3. The van der Waals surface area contributed by atoms with E-state index < -0.39 is 0 Å². The molecule has 0 atom stereocenters. The molecule has 1 saturated heterocycles. The Morgan fingerprint density at radius 3 is 2.88 bits per heavy atom. The summed E-state index contributed by atoms with van der Waals surface area (Å²) in [7, 11) is 0. The van der Waals surface area contributed by atoms with Crippen LogP contribution in [0.2, 0.25) is 0 Å². The zero-order chi connectivity index (χ0) is 11.7. The van der Waals surface area contributed by atoms with Gasteiger partial charge >= 0.3 is 0 Å². The topological polar surface area (TPSA) is 105 Å². The number of hydrogen-bond acceptors (Lipinski definition) is 8. The summed E-state index contributed by atoms with van der Waals surface area (Å²) in [5, 5.41) is 4.91. The van der Waals surface area contributed by atoms with Crippen LogP contribution in [-0.4, -0.2) is 48.2 Å². The van der Waals surface area contributed by atoms with Crippen LogP contribution in [-0.2, 0) is 4.74 Å². The third-order valence-electron chi connectivity index (χ3n) is 2.12. The molecule has 2 aromatic heterocycles. The van der Waals surface area contributed by atoms with Crippen LogP contribution in [0.4, 0.5) is 5.95 Å². The van der Waals surface area contributed by atoms with Gasteiger partial charge in [0.2, 0.25) is 5.95 Å². The number of nitrogens with two attached hydrogens (primary N) is 1. The van der Waals surface area contributed by atoms with Gasteiger partial charge in [0.05, 0.1) is 18.5 Å². The average molecular weight is 251 g/mol. The van der Waals surface area contributed by atoms with Crippen molar-refractivity contribution >= 4 is 17.7 Å². The largest absolute Gasteiger partial charge is 0.379 e. The minimum Gasteiger partial charge on any atom is -0.379 e. The molecule has 0 spiro atoms. The molecule has 9 heteroatoms. The van der Waals surface area contributed by atoms with Crippen molar-refractivity contribution in [3.63, 3.8) is 0 Å². The van der Waals surface area contributed by atoms with Crippen molar-refractivity contribution in [1.29, 1.82) is 0 Å². The quantitative estimate of drug-likeness (QED) is 0.780. The number of nitrogens with zero attached hydrogens (tertiary/aromatic N) is 6. The first-order chi connectivity index (χ1) is 8.31. The molecule has 1 fully saturated rings. The molecule has 0 bridgehead atoms. The third-order valence-corrected chi connectivity index (χ3v) is 3.12. The van der Waals surface area contributed by atoms with Crippen LogP contribution in [0.3, 0.4) is 0 Å². The van der Waals surface area contributed by atoms with Crippen LogP contribution in [0.1, 0.15) is 0 Å². The molecule has 1 aliphatic heterocycles. The molecule has 0 aromatic carbocycles. The lowest BCUT2D eigenvalue weighted by molar-refractivity contribution is 0.0454. The average Bonchev–Trinajstić information content (AvgIpc) is 2.76. The fraction of sp³-hybridized carbons (Fsp3) is 0.375. The third kappa shape index (κ3) is 2.19. The van der Waals surface area contributed by atoms with E-state index in [1.54, 1.807) is 0 Å². The van der Waals surface area contributed by atoms with Crippen LogP contribution < -0.4 is 5.73 Å². The highest BCUT2D eigenvalue weighted by atomic mass is 32.2. The van der Waals surface area contributed by atoms with Crippen molar-refractivity contribution in [2.75, 3.05) is 18.9 Å². The molecule has 0 unspecified atom stereocenters. The Hall–Kier alpha value is -1.74. The second-order valence-electron chi connectivity index (χ2n) is 3.39. The summed E-state index contributed by atoms with van der Waals surface area (Å²) in [4.78, 5) is 16.2. The SMILES string of the molecule is Nc1nc(SC2COC2)nc(-n2cncn2)n1. The van der Waals surface area contributed by atoms with E-state index in [-0.39, 0.29) is 5.95 Å². The first-order valence-corrected chi connectivity index (χ1v) is 5.80. The lowest BCUT2D eigenvalue weighted by Crippen LogP contribution is -2.30. The highest BCUT2D eigenvalue weighted by molar-refractivity contribution is 7.99. The van der Waals surface area contributed by atoms with Gasteiger partial charge in [-0.2, -0.15) is 24.7 Å². The summed E-state index contributed by atoms with van der Waals surface area (Å²) in [6.07, 6.45) is 2.92. The van der Waals surface area contributed by atoms with Gasteiger partial charge in [0.25, 0.3) is 5.95 Å². The Morgan fingerprint density at radius 2 is 2.24 bits per heavy atom. The minimum absolute atomic E-state index is 0.174. The first kappa shape index (κ1) is 10.4.